The Labute approximate surface area is 88.6 Å². The summed E-state index contributed by atoms with van der Waals surface area (Å²) in [6, 6.07) is 3.68. The SMILES string of the molecule is O=C(Cc1ccncc1)N1CC[C@@H](O)C1. The van der Waals surface area contributed by atoms with E-state index >= 15 is 0 Å². The highest BCUT2D eigenvalue weighted by molar-refractivity contribution is 5.79. The molecule has 0 unspecified atom stereocenters. The number of pyridine rings is 1. The summed E-state index contributed by atoms with van der Waals surface area (Å²) >= 11 is 0. The largest absolute Gasteiger partial charge is 0.391 e. The molecule has 15 heavy (non-hydrogen) atoms. The molecule has 1 atom stereocenters. The van der Waals surface area contributed by atoms with Gasteiger partial charge in [-0.2, -0.15) is 0 Å². The van der Waals surface area contributed by atoms with Crippen LogP contribution in [-0.4, -0.2) is 40.1 Å². The molecule has 1 aromatic rings. The summed E-state index contributed by atoms with van der Waals surface area (Å²) in [6.45, 7) is 1.15. The van der Waals surface area contributed by atoms with Crippen LogP contribution in [0.2, 0.25) is 0 Å². The van der Waals surface area contributed by atoms with E-state index in [1.54, 1.807) is 17.3 Å². The van der Waals surface area contributed by atoms with Crippen molar-refractivity contribution in [2.24, 2.45) is 0 Å². The average molecular weight is 206 g/mol. The predicted octanol–water partition coefficient (Wildman–Crippen LogP) is 0.217. The topological polar surface area (TPSA) is 53.4 Å². The second-order valence-electron chi connectivity index (χ2n) is 3.81. The van der Waals surface area contributed by atoms with E-state index < -0.39 is 0 Å². The Morgan fingerprint density at radius 2 is 2.27 bits per heavy atom. The molecule has 0 bridgehead atoms. The number of hydrogen-bond acceptors (Lipinski definition) is 3. The van der Waals surface area contributed by atoms with Crippen molar-refractivity contribution in [3.63, 3.8) is 0 Å². The quantitative estimate of drug-likeness (QED) is 0.753. The van der Waals surface area contributed by atoms with Crippen LogP contribution in [0.5, 0.6) is 0 Å². The van der Waals surface area contributed by atoms with Crippen LogP contribution in [0.15, 0.2) is 24.5 Å². The molecule has 0 radical (unpaired) electrons. The molecule has 1 fully saturated rings. The number of aromatic nitrogens is 1. The maximum absolute atomic E-state index is 11.8. The van der Waals surface area contributed by atoms with E-state index in [0.29, 0.717) is 25.9 Å². The maximum Gasteiger partial charge on any atom is 0.227 e. The zero-order valence-corrected chi connectivity index (χ0v) is 8.47. The van der Waals surface area contributed by atoms with E-state index in [9.17, 15) is 9.90 Å². The van der Waals surface area contributed by atoms with Crippen LogP contribution in [0.25, 0.3) is 0 Å². The molecule has 1 aliphatic heterocycles. The molecule has 0 saturated carbocycles. The monoisotopic (exact) mass is 206 g/mol. The number of aliphatic hydroxyl groups excluding tert-OH is 1. The van der Waals surface area contributed by atoms with Gasteiger partial charge in [-0.3, -0.25) is 9.78 Å². The first kappa shape index (κ1) is 10.1. The number of nitrogens with zero attached hydrogens (tertiary/aromatic N) is 2. The van der Waals surface area contributed by atoms with E-state index in [4.69, 9.17) is 0 Å². The van der Waals surface area contributed by atoms with Crippen LogP contribution in [0.1, 0.15) is 12.0 Å². The van der Waals surface area contributed by atoms with Gasteiger partial charge in [0.05, 0.1) is 12.5 Å². The number of likely N-dealkylation sites (tertiary alicyclic amines) is 1. The van der Waals surface area contributed by atoms with Gasteiger partial charge in [0.2, 0.25) is 5.91 Å². The average Bonchev–Trinajstić information content (AvgIpc) is 2.66. The molecular formula is C11H14N2O2. The van der Waals surface area contributed by atoms with Crippen LogP contribution in [-0.2, 0) is 11.2 Å². The smallest absolute Gasteiger partial charge is 0.227 e. The third-order valence-corrected chi connectivity index (χ3v) is 2.62. The fourth-order valence-corrected chi connectivity index (χ4v) is 1.76. The fraction of sp³-hybridized carbons (Fsp3) is 0.455. The number of aliphatic hydroxyl groups is 1. The molecule has 80 valence electrons. The number of hydrogen-bond donors (Lipinski definition) is 1. The van der Waals surface area contributed by atoms with Crippen LogP contribution < -0.4 is 0 Å². The Bertz CT molecular complexity index is 340. The van der Waals surface area contributed by atoms with Gasteiger partial charge in [-0.1, -0.05) is 0 Å². The van der Waals surface area contributed by atoms with Gasteiger partial charge in [-0.25, -0.2) is 0 Å². The lowest BCUT2D eigenvalue weighted by Crippen LogP contribution is -2.30. The third-order valence-electron chi connectivity index (χ3n) is 2.62. The summed E-state index contributed by atoms with van der Waals surface area (Å²) in [5, 5.41) is 9.31. The van der Waals surface area contributed by atoms with Crippen molar-refractivity contribution in [2.75, 3.05) is 13.1 Å². The van der Waals surface area contributed by atoms with Crippen molar-refractivity contribution in [1.29, 1.82) is 0 Å². The standard InChI is InChI=1S/C11H14N2O2/c14-10-3-6-13(8-10)11(15)7-9-1-4-12-5-2-9/h1-2,4-5,10,14H,3,6-8H2/t10-/m1/s1. The van der Waals surface area contributed by atoms with Crippen molar-refractivity contribution < 1.29 is 9.90 Å². The number of amides is 1. The number of rotatable bonds is 2. The van der Waals surface area contributed by atoms with Gasteiger partial charge in [0.25, 0.3) is 0 Å². The highest BCUT2D eigenvalue weighted by Gasteiger charge is 2.24. The van der Waals surface area contributed by atoms with Gasteiger partial charge < -0.3 is 10.0 Å². The third kappa shape index (κ3) is 2.53. The summed E-state index contributed by atoms with van der Waals surface area (Å²) in [6.07, 6.45) is 4.12. The van der Waals surface area contributed by atoms with Crippen molar-refractivity contribution in [3.05, 3.63) is 30.1 Å². The van der Waals surface area contributed by atoms with Gasteiger partial charge in [0.1, 0.15) is 0 Å². The minimum absolute atomic E-state index is 0.0813. The van der Waals surface area contributed by atoms with Gasteiger partial charge in [-0.05, 0) is 24.1 Å². The Hall–Kier alpha value is -1.42. The van der Waals surface area contributed by atoms with E-state index in [0.717, 1.165) is 5.56 Å². The van der Waals surface area contributed by atoms with Crippen molar-refractivity contribution in [3.8, 4) is 0 Å². The highest BCUT2D eigenvalue weighted by Crippen LogP contribution is 2.10. The Morgan fingerprint density at radius 3 is 2.87 bits per heavy atom. The second-order valence-corrected chi connectivity index (χ2v) is 3.81. The molecule has 1 aromatic heterocycles. The molecule has 1 saturated heterocycles. The van der Waals surface area contributed by atoms with Gasteiger partial charge in [0.15, 0.2) is 0 Å². The lowest BCUT2D eigenvalue weighted by atomic mass is 10.2. The minimum atomic E-state index is -0.341. The van der Waals surface area contributed by atoms with Crippen LogP contribution in [0.3, 0.4) is 0 Å². The van der Waals surface area contributed by atoms with E-state index in [1.807, 2.05) is 12.1 Å². The second kappa shape index (κ2) is 4.40. The Kier molecular flexibility index (Phi) is 2.97. The Balaban J connectivity index is 1.93. The number of carbonyl (C=O) groups is 1. The first-order valence-electron chi connectivity index (χ1n) is 5.10. The molecule has 0 aliphatic carbocycles. The highest BCUT2D eigenvalue weighted by atomic mass is 16.3. The van der Waals surface area contributed by atoms with E-state index in [2.05, 4.69) is 4.98 Å². The molecule has 1 aliphatic rings. The summed E-state index contributed by atoms with van der Waals surface area (Å²) in [7, 11) is 0. The Morgan fingerprint density at radius 1 is 1.53 bits per heavy atom. The van der Waals surface area contributed by atoms with Crippen LogP contribution in [0.4, 0.5) is 0 Å². The maximum atomic E-state index is 11.8. The van der Waals surface area contributed by atoms with Gasteiger partial charge in [-0.15, -0.1) is 0 Å². The zero-order chi connectivity index (χ0) is 10.7. The molecule has 2 rings (SSSR count). The summed E-state index contributed by atoms with van der Waals surface area (Å²) in [4.78, 5) is 17.4. The van der Waals surface area contributed by atoms with E-state index in [1.165, 1.54) is 0 Å². The normalized spacial score (nSPS) is 20.6. The number of β-amino-alcohol motifs (C(OH)–C–C–N with tert-alkyl or cyclic N) is 1. The lowest BCUT2D eigenvalue weighted by molar-refractivity contribution is -0.129. The number of carbonyl (C=O) groups excluding carboxylic acids is 1. The summed E-state index contributed by atoms with van der Waals surface area (Å²) in [5.41, 5.74) is 0.969. The van der Waals surface area contributed by atoms with Crippen LogP contribution >= 0.6 is 0 Å². The summed E-state index contributed by atoms with van der Waals surface area (Å²) in [5.74, 6) is 0.0813. The first-order valence-corrected chi connectivity index (χ1v) is 5.10. The zero-order valence-electron chi connectivity index (χ0n) is 8.47. The lowest BCUT2D eigenvalue weighted by Gasteiger charge is -2.15. The van der Waals surface area contributed by atoms with Crippen molar-refractivity contribution in [1.82, 2.24) is 9.88 Å². The predicted molar refractivity (Wildman–Crippen MR) is 55.1 cm³/mol. The summed E-state index contributed by atoms with van der Waals surface area (Å²) < 4.78 is 0. The van der Waals surface area contributed by atoms with Gasteiger partial charge >= 0.3 is 0 Å². The molecule has 0 spiro atoms. The molecule has 0 aromatic carbocycles. The molecular weight excluding hydrogens is 192 g/mol. The van der Waals surface area contributed by atoms with Crippen molar-refractivity contribution >= 4 is 5.91 Å². The van der Waals surface area contributed by atoms with Gasteiger partial charge in [0, 0.05) is 25.5 Å². The fourth-order valence-electron chi connectivity index (χ4n) is 1.76. The first-order chi connectivity index (χ1) is 7.25. The van der Waals surface area contributed by atoms with Crippen molar-refractivity contribution in [2.45, 2.75) is 18.9 Å². The van der Waals surface area contributed by atoms with E-state index in [-0.39, 0.29) is 12.0 Å². The molecule has 4 heteroatoms. The molecule has 1 amide bonds. The molecule has 4 nitrogen and oxygen atoms in total. The minimum Gasteiger partial charge on any atom is -0.391 e. The molecule has 1 N–H and O–H groups in total. The van der Waals surface area contributed by atoms with Crippen LogP contribution in [0, 0.1) is 0 Å². The molecule has 2 heterocycles.